The molecule has 1 heterocycles. The summed E-state index contributed by atoms with van der Waals surface area (Å²) in [6, 6.07) is 1.44. The summed E-state index contributed by atoms with van der Waals surface area (Å²) < 4.78 is 14.2. The molecule has 1 rings (SSSR count). The van der Waals surface area contributed by atoms with Crippen LogP contribution < -0.4 is 5.32 Å². The predicted octanol–water partition coefficient (Wildman–Crippen LogP) is 3.02. The second-order valence-corrected chi connectivity index (χ2v) is 5.77. The van der Waals surface area contributed by atoms with Crippen molar-refractivity contribution in [3.8, 4) is 0 Å². The maximum Gasteiger partial charge on any atom is 0.257 e. The molecule has 0 spiro atoms. The summed E-state index contributed by atoms with van der Waals surface area (Å²) >= 11 is 0. The van der Waals surface area contributed by atoms with E-state index in [0.29, 0.717) is 24.9 Å². The number of aromatic nitrogens is 1. The number of rotatable bonds is 6. The summed E-state index contributed by atoms with van der Waals surface area (Å²) in [6.07, 6.45) is 1.45. The minimum atomic E-state index is -0.586. The van der Waals surface area contributed by atoms with Gasteiger partial charge < -0.3 is 10.2 Å². The van der Waals surface area contributed by atoms with Crippen LogP contribution in [0.4, 0.5) is 10.2 Å². The van der Waals surface area contributed by atoms with Crippen LogP contribution in [0.1, 0.15) is 38.1 Å². The van der Waals surface area contributed by atoms with Crippen molar-refractivity contribution in [3.05, 3.63) is 23.6 Å². The third-order valence-corrected chi connectivity index (χ3v) is 2.81. The van der Waals surface area contributed by atoms with Gasteiger partial charge in [-0.05, 0) is 17.9 Å². The molecule has 1 aromatic heterocycles. The highest BCUT2D eigenvalue weighted by Gasteiger charge is 2.22. The second kappa shape index (κ2) is 7.22. The zero-order chi connectivity index (χ0) is 15.3. The zero-order valence-corrected chi connectivity index (χ0v) is 12.9. The maximum absolute atomic E-state index is 14.2. The molecule has 0 fully saturated rings. The number of amides is 1. The van der Waals surface area contributed by atoms with Gasteiger partial charge in [0.05, 0.1) is 5.56 Å². The van der Waals surface area contributed by atoms with Gasteiger partial charge in [-0.2, -0.15) is 0 Å². The van der Waals surface area contributed by atoms with Crippen LogP contribution in [-0.2, 0) is 0 Å². The zero-order valence-electron chi connectivity index (χ0n) is 12.9. The third-order valence-electron chi connectivity index (χ3n) is 2.81. The van der Waals surface area contributed by atoms with Crippen LogP contribution in [0.15, 0.2) is 12.3 Å². The summed E-state index contributed by atoms with van der Waals surface area (Å²) in [5.41, 5.74) is 0.0747. The SMILES string of the molecule is CNc1nccc(C(=O)N(CC(C)C)CC(C)C)c1F. The number of carbonyl (C=O) groups excluding carboxylic acids is 1. The molecule has 20 heavy (non-hydrogen) atoms. The molecule has 0 saturated heterocycles. The van der Waals surface area contributed by atoms with E-state index in [4.69, 9.17) is 0 Å². The van der Waals surface area contributed by atoms with Gasteiger partial charge in [0, 0.05) is 26.3 Å². The van der Waals surface area contributed by atoms with Crippen molar-refractivity contribution in [3.63, 3.8) is 0 Å². The number of pyridine rings is 1. The highest BCUT2D eigenvalue weighted by Crippen LogP contribution is 2.18. The molecule has 0 saturated carbocycles. The molecule has 0 bridgehead atoms. The minimum absolute atomic E-state index is 0.0747. The molecule has 1 amide bonds. The number of hydrogen-bond donors (Lipinski definition) is 1. The van der Waals surface area contributed by atoms with Gasteiger partial charge in [0.2, 0.25) is 0 Å². The Bertz CT molecular complexity index is 450. The van der Waals surface area contributed by atoms with E-state index in [-0.39, 0.29) is 17.3 Å². The predicted molar refractivity (Wildman–Crippen MR) is 79.3 cm³/mol. The number of halogens is 1. The number of nitrogens with zero attached hydrogens (tertiary/aromatic N) is 2. The van der Waals surface area contributed by atoms with E-state index in [0.717, 1.165) is 0 Å². The number of nitrogens with one attached hydrogen (secondary N) is 1. The van der Waals surface area contributed by atoms with Crippen LogP contribution in [0.25, 0.3) is 0 Å². The first-order valence-electron chi connectivity index (χ1n) is 6.98. The second-order valence-electron chi connectivity index (χ2n) is 5.77. The van der Waals surface area contributed by atoms with Gasteiger partial charge in [-0.1, -0.05) is 27.7 Å². The summed E-state index contributed by atoms with van der Waals surface area (Å²) in [4.78, 5) is 18.1. The molecule has 1 N–H and O–H groups in total. The first-order valence-corrected chi connectivity index (χ1v) is 6.98. The smallest absolute Gasteiger partial charge is 0.257 e. The fourth-order valence-corrected chi connectivity index (χ4v) is 2.08. The Morgan fingerprint density at radius 3 is 2.30 bits per heavy atom. The highest BCUT2D eigenvalue weighted by molar-refractivity contribution is 5.95. The van der Waals surface area contributed by atoms with Crippen molar-refractivity contribution in [1.82, 2.24) is 9.88 Å². The molecule has 0 aliphatic rings. The summed E-state index contributed by atoms with van der Waals surface area (Å²) in [6.45, 7) is 9.41. The van der Waals surface area contributed by atoms with E-state index in [9.17, 15) is 9.18 Å². The van der Waals surface area contributed by atoms with Crippen molar-refractivity contribution >= 4 is 11.7 Å². The van der Waals surface area contributed by atoms with E-state index >= 15 is 0 Å². The summed E-state index contributed by atoms with van der Waals surface area (Å²) in [5, 5.41) is 2.65. The molecule has 0 aliphatic heterocycles. The third kappa shape index (κ3) is 4.18. The van der Waals surface area contributed by atoms with Crippen LogP contribution in [0.3, 0.4) is 0 Å². The quantitative estimate of drug-likeness (QED) is 0.871. The van der Waals surface area contributed by atoms with E-state index in [2.05, 4.69) is 10.3 Å². The molecule has 0 radical (unpaired) electrons. The fraction of sp³-hybridized carbons (Fsp3) is 0.600. The van der Waals surface area contributed by atoms with Crippen LogP contribution in [0.2, 0.25) is 0 Å². The van der Waals surface area contributed by atoms with Crippen molar-refractivity contribution in [2.24, 2.45) is 11.8 Å². The van der Waals surface area contributed by atoms with Crippen molar-refractivity contribution in [2.75, 3.05) is 25.5 Å². The molecule has 112 valence electrons. The molecule has 4 nitrogen and oxygen atoms in total. The maximum atomic E-state index is 14.2. The molecule has 1 aromatic rings. The van der Waals surface area contributed by atoms with E-state index in [1.165, 1.54) is 12.3 Å². The Balaban J connectivity index is 3.05. The van der Waals surface area contributed by atoms with Gasteiger partial charge in [-0.3, -0.25) is 4.79 Å². The van der Waals surface area contributed by atoms with Crippen LogP contribution >= 0.6 is 0 Å². The Hall–Kier alpha value is -1.65. The first-order chi connectivity index (χ1) is 9.36. The fourth-order valence-electron chi connectivity index (χ4n) is 2.08. The Morgan fingerprint density at radius 1 is 1.30 bits per heavy atom. The van der Waals surface area contributed by atoms with Gasteiger partial charge >= 0.3 is 0 Å². The first kappa shape index (κ1) is 16.4. The average Bonchev–Trinajstić information content (AvgIpc) is 2.36. The van der Waals surface area contributed by atoms with Crippen LogP contribution in [-0.4, -0.2) is 35.9 Å². The van der Waals surface area contributed by atoms with Crippen LogP contribution in [0, 0.1) is 17.7 Å². The average molecular weight is 281 g/mol. The highest BCUT2D eigenvalue weighted by atomic mass is 19.1. The summed E-state index contributed by atoms with van der Waals surface area (Å²) in [5.74, 6) is -0.0797. The standard InChI is InChI=1S/C15H24FN3O/c1-10(2)8-19(9-11(3)4)15(20)12-6-7-18-14(17-5)13(12)16/h6-7,10-11H,8-9H2,1-5H3,(H,17,18). The van der Waals surface area contributed by atoms with E-state index in [1.807, 2.05) is 27.7 Å². The van der Waals surface area contributed by atoms with Gasteiger partial charge in [-0.15, -0.1) is 0 Å². The van der Waals surface area contributed by atoms with Gasteiger partial charge in [0.25, 0.3) is 5.91 Å². The molecular formula is C15H24FN3O. The monoisotopic (exact) mass is 281 g/mol. The van der Waals surface area contributed by atoms with Gasteiger partial charge in [0.15, 0.2) is 11.6 Å². The van der Waals surface area contributed by atoms with E-state index < -0.39 is 5.82 Å². The summed E-state index contributed by atoms with van der Waals surface area (Å²) in [7, 11) is 1.58. The Labute approximate surface area is 120 Å². The van der Waals surface area contributed by atoms with Crippen molar-refractivity contribution in [2.45, 2.75) is 27.7 Å². The Kier molecular flexibility index (Phi) is 5.92. The lowest BCUT2D eigenvalue weighted by molar-refractivity contribution is 0.0710. The lowest BCUT2D eigenvalue weighted by Crippen LogP contribution is -2.37. The van der Waals surface area contributed by atoms with Crippen molar-refractivity contribution in [1.29, 1.82) is 0 Å². The van der Waals surface area contributed by atoms with Gasteiger partial charge in [0.1, 0.15) is 0 Å². The molecule has 0 atom stereocenters. The number of hydrogen-bond acceptors (Lipinski definition) is 3. The molecule has 0 aliphatic carbocycles. The lowest BCUT2D eigenvalue weighted by Gasteiger charge is -2.26. The lowest BCUT2D eigenvalue weighted by atomic mass is 10.1. The topological polar surface area (TPSA) is 45.2 Å². The molecule has 5 heteroatoms. The molecular weight excluding hydrogens is 257 g/mol. The van der Waals surface area contributed by atoms with E-state index in [1.54, 1.807) is 11.9 Å². The Morgan fingerprint density at radius 2 is 1.85 bits per heavy atom. The number of carbonyl (C=O) groups is 1. The molecule has 0 unspecified atom stereocenters. The van der Waals surface area contributed by atoms with Crippen molar-refractivity contribution < 1.29 is 9.18 Å². The largest absolute Gasteiger partial charge is 0.371 e. The normalized spacial score (nSPS) is 11.0. The molecule has 0 aromatic carbocycles. The van der Waals surface area contributed by atoms with Crippen LogP contribution in [0.5, 0.6) is 0 Å². The number of anilines is 1. The minimum Gasteiger partial charge on any atom is -0.371 e. The van der Waals surface area contributed by atoms with Gasteiger partial charge in [-0.25, -0.2) is 9.37 Å².